The zero-order valence-corrected chi connectivity index (χ0v) is 11.6. The molecular weight excluding hydrogens is 276 g/mol. The first-order valence-corrected chi connectivity index (χ1v) is 6.98. The van der Waals surface area contributed by atoms with Crippen LogP contribution < -0.4 is 5.32 Å². The van der Waals surface area contributed by atoms with Gasteiger partial charge in [0.2, 0.25) is 0 Å². The first-order chi connectivity index (χ1) is 8.22. The van der Waals surface area contributed by atoms with Crippen molar-refractivity contribution in [3.63, 3.8) is 0 Å². The zero-order valence-electron chi connectivity index (χ0n) is 10.0. The van der Waals surface area contributed by atoms with Gasteiger partial charge in [-0.1, -0.05) is 35.7 Å². The monoisotopic (exact) mass is 292 g/mol. The second-order valence-corrected chi connectivity index (χ2v) is 5.65. The van der Waals surface area contributed by atoms with Gasteiger partial charge in [-0.15, -0.1) is 0 Å². The molecule has 0 aliphatic heterocycles. The van der Waals surface area contributed by atoms with Gasteiger partial charge in [-0.2, -0.15) is 5.26 Å². The van der Waals surface area contributed by atoms with Crippen molar-refractivity contribution < 1.29 is 0 Å². The van der Waals surface area contributed by atoms with Crippen molar-refractivity contribution >= 4 is 21.6 Å². The highest BCUT2D eigenvalue weighted by molar-refractivity contribution is 9.10. The molecule has 1 unspecified atom stereocenters. The van der Waals surface area contributed by atoms with Crippen LogP contribution in [0.2, 0.25) is 0 Å². The molecule has 0 radical (unpaired) electrons. The van der Waals surface area contributed by atoms with E-state index in [4.69, 9.17) is 5.26 Å². The minimum absolute atomic E-state index is 0.496. The molecule has 1 fully saturated rings. The molecule has 0 aromatic heterocycles. The van der Waals surface area contributed by atoms with Gasteiger partial charge in [0.05, 0.1) is 11.3 Å². The Morgan fingerprint density at radius 3 is 2.88 bits per heavy atom. The lowest BCUT2D eigenvalue weighted by atomic mass is 10.1. The third-order valence-electron chi connectivity index (χ3n) is 3.27. The Morgan fingerprint density at radius 1 is 1.53 bits per heavy atom. The molecule has 2 rings (SSSR count). The summed E-state index contributed by atoms with van der Waals surface area (Å²) in [4.78, 5) is 0. The Morgan fingerprint density at radius 2 is 2.29 bits per heavy atom. The second kappa shape index (κ2) is 5.55. The van der Waals surface area contributed by atoms with Gasteiger partial charge in [-0.3, -0.25) is 0 Å². The van der Waals surface area contributed by atoms with Crippen LogP contribution in [0, 0.1) is 17.2 Å². The average molecular weight is 293 g/mol. The molecule has 0 heterocycles. The third kappa shape index (κ3) is 3.47. The van der Waals surface area contributed by atoms with Gasteiger partial charge in [0.1, 0.15) is 6.07 Å². The first kappa shape index (κ1) is 12.4. The number of rotatable bonds is 5. The van der Waals surface area contributed by atoms with Crippen molar-refractivity contribution in [2.24, 2.45) is 5.92 Å². The summed E-state index contributed by atoms with van der Waals surface area (Å²) in [7, 11) is 0. The van der Waals surface area contributed by atoms with E-state index in [1.165, 1.54) is 19.3 Å². The van der Waals surface area contributed by atoms with Crippen LogP contribution in [0.25, 0.3) is 0 Å². The molecule has 0 amide bonds. The van der Waals surface area contributed by atoms with Crippen molar-refractivity contribution in [1.82, 2.24) is 0 Å². The number of nitrogens with zero attached hydrogens (tertiary/aromatic N) is 1. The van der Waals surface area contributed by atoms with E-state index >= 15 is 0 Å². The molecule has 17 heavy (non-hydrogen) atoms. The van der Waals surface area contributed by atoms with Gasteiger partial charge >= 0.3 is 0 Å². The Kier molecular flexibility index (Phi) is 4.06. The van der Waals surface area contributed by atoms with E-state index < -0.39 is 0 Å². The minimum atomic E-state index is 0.496. The van der Waals surface area contributed by atoms with Gasteiger partial charge in [0.15, 0.2) is 0 Å². The molecule has 1 aliphatic carbocycles. The normalized spacial score (nSPS) is 16.3. The van der Waals surface area contributed by atoms with Gasteiger partial charge in [-0.25, -0.2) is 0 Å². The quantitative estimate of drug-likeness (QED) is 0.878. The van der Waals surface area contributed by atoms with Crippen molar-refractivity contribution in [2.75, 3.05) is 5.32 Å². The lowest BCUT2D eigenvalue weighted by Crippen LogP contribution is -2.19. The third-order valence-corrected chi connectivity index (χ3v) is 3.76. The topological polar surface area (TPSA) is 35.8 Å². The highest BCUT2D eigenvalue weighted by atomic mass is 79.9. The van der Waals surface area contributed by atoms with Crippen molar-refractivity contribution in [2.45, 2.75) is 38.6 Å². The van der Waals surface area contributed by atoms with Crippen LogP contribution in [0.4, 0.5) is 5.69 Å². The zero-order chi connectivity index (χ0) is 12.3. The van der Waals surface area contributed by atoms with Crippen LogP contribution >= 0.6 is 15.9 Å². The van der Waals surface area contributed by atoms with Crippen molar-refractivity contribution in [3.05, 3.63) is 28.2 Å². The number of nitrogens with one attached hydrogen (secondary N) is 1. The van der Waals surface area contributed by atoms with Crippen LogP contribution in [0.3, 0.4) is 0 Å². The Balaban J connectivity index is 2.07. The van der Waals surface area contributed by atoms with Crippen molar-refractivity contribution in [3.8, 4) is 6.07 Å². The van der Waals surface area contributed by atoms with E-state index in [0.29, 0.717) is 11.6 Å². The van der Waals surface area contributed by atoms with Crippen LogP contribution in [0.15, 0.2) is 22.7 Å². The average Bonchev–Trinajstić information content (AvgIpc) is 3.14. The van der Waals surface area contributed by atoms with E-state index in [0.717, 1.165) is 22.5 Å². The summed E-state index contributed by atoms with van der Waals surface area (Å²) < 4.78 is 0.954. The maximum atomic E-state index is 9.11. The molecular formula is C14H17BrN2. The molecule has 0 spiro atoms. The summed E-state index contributed by atoms with van der Waals surface area (Å²) in [5.41, 5.74) is 1.68. The van der Waals surface area contributed by atoms with E-state index in [9.17, 15) is 0 Å². The van der Waals surface area contributed by atoms with Crippen LogP contribution in [0.1, 0.15) is 38.2 Å². The second-order valence-electron chi connectivity index (χ2n) is 4.73. The predicted octanol–water partition coefficient (Wildman–Crippen LogP) is 4.31. The van der Waals surface area contributed by atoms with Crippen LogP contribution in [0.5, 0.6) is 0 Å². The molecule has 1 saturated carbocycles. The van der Waals surface area contributed by atoms with Crippen molar-refractivity contribution in [1.29, 1.82) is 5.26 Å². The van der Waals surface area contributed by atoms with Gasteiger partial charge in [0.25, 0.3) is 0 Å². The molecule has 1 aliphatic rings. The fourth-order valence-electron chi connectivity index (χ4n) is 2.04. The standard InChI is InChI=1S/C14H17BrN2/c1-2-13(7-10-3-4-10)17-14-6-5-12(15)8-11(14)9-16/h5-6,8,10,13,17H,2-4,7H2,1H3. The molecule has 1 aromatic carbocycles. The number of halogens is 1. The number of benzene rings is 1. The van der Waals surface area contributed by atoms with E-state index in [2.05, 4.69) is 34.2 Å². The number of nitriles is 1. The molecule has 0 saturated heterocycles. The van der Waals surface area contributed by atoms with E-state index in [1.54, 1.807) is 0 Å². The summed E-state index contributed by atoms with van der Waals surface area (Å²) in [5.74, 6) is 0.911. The maximum absolute atomic E-state index is 9.11. The Labute approximate surface area is 111 Å². The van der Waals surface area contributed by atoms with Gasteiger partial charge in [0, 0.05) is 10.5 Å². The fraction of sp³-hybridized carbons (Fsp3) is 0.500. The predicted molar refractivity (Wildman–Crippen MR) is 73.9 cm³/mol. The Bertz CT molecular complexity index is 432. The lowest BCUT2D eigenvalue weighted by Gasteiger charge is -2.19. The number of hydrogen-bond donors (Lipinski definition) is 1. The largest absolute Gasteiger partial charge is 0.381 e. The number of hydrogen-bond acceptors (Lipinski definition) is 2. The summed E-state index contributed by atoms with van der Waals surface area (Å²) in [5, 5.41) is 12.6. The summed E-state index contributed by atoms with van der Waals surface area (Å²) in [6.45, 7) is 2.20. The molecule has 2 nitrogen and oxygen atoms in total. The first-order valence-electron chi connectivity index (χ1n) is 6.19. The highest BCUT2D eigenvalue weighted by Crippen LogP contribution is 2.35. The Hall–Kier alpha value is -1.01. The van der Waals surface area contributed by atoms with E-state index in [-0.39, 0.29) is 0 Å². The molecule has 1 aromatic rings. The smallest absolute Gasteiger partial charge is 0.101 e. The molecule has 1 atom stereocenters. The highest BCUT2D eigenvalue weighted by Gasteiger charge is 2.24. The van der Waals surface area contributed by atoms with Crippen LogP contribution in [-0.4, -0.2) is 6.04 Å². The minimum Gasteiger partial charge on any atom is -0.381 e. The SMILES string of the molecule is CCC(CC1CC1)Nc1ccc(Br)cc1C#N. The molecule has 90 valence electrons. The molecule has 0 bridgehead atoms. The fourth-order valence-corrected chi connectivity index (χ4v) is 2.40. The van der Waals surface area contributed by atoms with Crippen LogP contribution in [-0.2, 0) is 0 Å². The van der Waals surface area contributed by atoms with E-state index in [1.807, 2.05) is 18.2 Å². The maximum Gasteiger partial charge on any atom is 0.101 e. The summed E-state index contributed by atoms with van der Waals surface area (Å²) in [6, 6.07) is 8.57. The number of anilines is 1. The summed E-state index contributed by atoms with van der Waals surface area (Å²) in [6.07, 6.45) is 5.10. The lowest BCUT2D eigenvalue weighted by molar-refractivity contribution is 0.587. The van der Waals surface area contributed by atoms with Gasteiger partial charge in [-0.05, 0) is 37.0 Å². The molecule has 1 N–H and O–H groups in total. The van der Waals surface area contributed by atoms with Gasteiger partial charge < -0.3 is 5.32 Å². The molecule has 3 heteroatoms. The summed E-state index contributed by atoms with van der Waals surface area (Å²) >= 11 is 3.39.